The van der Waals surface area contributed by atoms with Gasteiger partial charge in [-0.05, 0) is 31.7 Å². The molecular formula is C13H13Cl2F3O. The highest BCUT2D eigenvalue weighted by Gasteiger charge is 2.46. The maximum absolute atomic E-state index is 12.6. The van der Waals surface area contributed by atoms with Crippen LogP contribution in [0, 0.1) is 5.92 Å². The zero-order valence-electron chi connectivity index (χ0n) is 9.97. The molecule has 1 aromatic carbocycles. The standard InChI is InChI=1S/C13H13Cl2F3O/c14-10-3-1-2-9(11(10)15)12(19)6-4-8(5-7-12)13(16,17)18/h1-3,8,19H,4-7H2. The van der Waals surface area contributed by atoms with Crippen LogP contribution in [-0.4, -0.2) is 11.3 Å². The number of hydrogen-bond acceptors (Lipinski definition) is 1. The summed E-state index contributed by atoms with van der Waals surface area (Å²) in [5.41, 5.74) is -0.897. The van der Waals surface area contributed by atoms with Crippen LogP contribution in [0.15, 0.2) is 18.2 Å². The highest BCUT2D eigenvalue weighted by Crippen LogP contribution is 2.47. The molecule has 1 aliphatic rings. The summed E-state index contributed by atoms with van der Waals surface area (Å²) in [5, 5.41) is 11.0. The maximum Gasteiger partial charge on any atom is 0.391 e. The van der Waals surface area contributed by atoms with Crippen LogP contribution in [0.2, 0.25) is 10.0 Å². The SMILES string of the molecule is OC1(c2cccc(Cl)c2Cl)CCC(C(F)(F)F)CC1. The zero-order valence-corrected chi connectivity index (χ0v) is 11.5. The minimum Gasteiger partial charge on any atom is -0.385 e. The Morgan fingerprint density at radius 2 is 1.74 bits per heavy atom. The molecular weight excluding hydrogens is 300 g/mol. The van der Waals surface area contributed by atoms with E-state index < -0.39 is 17.7 Å². The van der Waals surface area contributed by atoms with Gasteiger partial charge in [0.05, 0.1) is 21.6 Å². The van der Waals surface area contributed by atoms with Crippen molar-refractivity contribution in [2.45, 2.75) is 37.5 Å². The van der Waals surface area contributed by atoms with Gasteiger partial charge in [0.2, 0.25) is 0 Å². The zero-order chi connectivity index (χ0) is 14.3. The van der Waals surface area contributed by atoms with Crippen molar-refractivity contribution < 1.29 is 18.3 Å². The van der Waals surface area contributed by atoms with Gasteiger partial charge in [-0.3, -0.25) is 0 Å². The van der Waals surface area contributed by atoms with Gasteiger partial charge in [-0.25, -0.2) is 0 Å². The monoisotopic (exact) mass is 312 g/mol. The molecule has 1 aliphatic carbocycles. The summed E-state index contributed by atoms with van der Waals surface area (Å²) < 4.78 is 37.8. The van der Waals surface area contributed by atoms with Gasteiger partial charge in [0.15, 0.2) is 0 Å². The molecule has 0 aliphatic heterocycles. The summed E-state index contributed by atoms with van der Waals surface area (Å²) in [6.45, 7) is 0. The van der Waals surface area contributed by atoms with Gasteiger partial charge in [0.1, 0.15) is 0 Å². The molecule has 0 unspecified atom stereocenters. The third-order valence-electron chi connectivity index (χ3n) is 3.73. The summed E-state index contributed by atoms with van der Waals surface area (Å²) in [6.07, 6.45) is -4.31. The Labute approximate surface area is 119 Å². The van der Waals surface area contributed by atoms with Gasteiger partial charge in [0.25, 0.3) is 0 Å². The second kappa shape index (κ2) is 5.15. The van der Waals surface area contributed by atoms with Crippen molar-refractivity contribution in [3.05, 3.63) is 33.8 Å². The lowest BCUT2D eigenvalue weighted by atomic mass is 9.75. The fourth-order valence-electron chi connectivity index (χ4n) is 2.56. The first-order chi connectivity index (χ1) is 8.74. The van der Waals surface area contributed by atoms with E-state index in [-0.39, 0.29) is 30.7 Å². The number of rotatable bonds is 1. The molecule has 0 bridgehead atoms. The van der Waals surface area contributed by atoms with Crippen molar-refractivity contribution in [3.8, 4) is 0 Å². The quantitative estimate of drug-likeness (QED) is 0.779. The van der Waals surface area contributed by atoms with Crippen LogP contribution in [0.3, 0.4) is 0 Å². The minimum absolute atomic E-state index is 0.0389. The van der Waals surface area contributed by atoms with E-state index in [1.165, 1.54) is 0 Å². The molecule has 1 fully saturated rings. The van der Waals surface area contributed by atoms with Gasteiger partial charge in [-0.2, -0.15) is 13.2 Å². The molecule has 0 radical (unpaired) electrons. The summed E-state index contributed by atoms with van der Waals surface area (Å²) in [5.74, 6) is -1.34. The lowest BCUT2D eigenvalue weighted by Gasteiger charge is -2.37. The molecule has 0 spiro atoms. The Morgan fingerprint density at radius 1 is 1.16 bits per heavy atom. The van der Waals surface area contributed by atoms with Gasteiger partial charge < -0.3 is 5.11 Å². The van der Waals surface area contributed by atoms with Crippen molar-refractivity contribution >= 4 is 23.2 Å². The topological polar surface area (TPSA) is 20.2 Å². The second-order valence-corrected chi connectivity index (χ2v) is 5.73. The molecule has 106 valence electrons. The van der Waals surface area contributed by atoms with E-state index >= 15 is 0 Å². The molecule has 6 heteroatoms. The number of alkyl halides is 3. The minimum atomic E-state index is -4.19. The Morgan fingerprint density at radius 3 is 2.26 bits per heavy atom. The first kappa shape index (κ1) is 14.9. The molecule has 1 aromatic rings. The van der Waals surface area contributed by atoms with Crippen molar-refractivity contribution in [3.63, 3.8) is 0 Å². The van der Waals surface area contributed by atoms with E-state index in [4.69, 9.17) is 23.2 Å². The molecule has 1 nitrogen and oxygen atoms in total. The van der Waals surface area contributed by atoms with Gasteiger partial charge >= 0.3 is 6.18 Å². The van der Waals surface area contributed by atoms with E-state index in [0.29, 0.717) is 10.6 Å². The summed E-state index contributed by atoms with van der Waals surface area (Å²) in [6, 6.07) is 4.83. The van der Waals surface area contributed by atoms with Crippen LogP contribution in [0.1, 0.15) is 31.2 Å². The molecule has 0 heterocycles. The molecule has 0 aromatic heterocycles. The summed E-state index contributed by atoms with van der Waals surface area (Å²) in [7, 11) is 0. The third kappa shape index (κ3) is 3.01. The third-order valence-corrected chi connectivity index (χ3v) is 4.55. The van der Waals surface area contributed by atoms with Crippen molar-refractivity contribution in [1.82, 2.24) is 0 Å². The average molecular weight is 313 g/mol. The maximum atomic E-state index is 12.6. The van der Waals surface area contributed by atoms with Crippen molar-refractivity contribution in [2.75, 3.05) is 0 Å². The number of aliphatic hydroxyl groups is 1. The second-order valence-electron chi connectivity index (χ2n) is 4.95. The Balaban J connectivity index is 2.21. The Kier molecular flexibility index (Phi) is 4.05. The van der Waals surface area contributed by atoms with Gasteiger partial charge in [-0.1, -0.05) is 35.3 Å². The fraction of sp³-hybridized carbons (Fsp3) is 0.538. The number of halogens is 5. The summed E-state index contributed by atoms with van der Waals surface area (Å²) in [4.78, 5) is 0. The van der Waals surface area contributed by atoms with Crippen molar-refractivity contribution in [2.24, 2.45) is 5.92 Å². The molecule has 0 saturated heterocycles. The van der Waals surface area contributed by atoms with Crippen LogP contribution in [0.5, 0.6) is 0 Å². The van der Waals surface area contributed by atoms with Crippen LogP contribution >= 0.6 is 23.2 Å². The first-order valence-electron chi connectivity index (χ1n) is 5.97. The first-order valence-corrected chi connectivity index (χ1v) is 6.73. The van der Waals surface area contributed by atoms with E-state index in [9.17, 15) is 18.3 Å². The molecule has 0 amide bonds. The smallest absolute Gasteiger partial charge is 0.385 e. The number of benzene rings is 1. The van der Waals surface area contributed by atoms with E-state index in [2.05, 4.69) is 0 Å². The molecule has 19 heavy (non-hydrogen) atoms. The highest BCUT2D eigenvalue weighted by molar-refractivity contribution is 6.42. The summed E-state index contributed by atoms with van der Waals surface area (Å²) >= 11 is 11.9. The van der Waals surface area contributed by atoms with E-state index in [1.54, 1.807) is 18.2 Å². The van der Waals surface area contributed by atoms with Gasteiger partial charge in [0, 0.05) is 5.56 Å². The lowest BCUT2D eigenvalue weighted by Crippen LogP contribution is -2.36. The predicted octanol–water partition coefficient (Wildman–Crippen LogP) is 4.93. The van der Waals surface area contributed by atoms with Crippen LogP contribution in [-0.2, 0) is 5.60 Å². The van der Waals surface area contributed by atoms with E-state index in [0.717, 1.165) is 0 Å². The van der Waals surface area contributed by atoms with Crippen molar-refractivity contribution in [1.29, 1.82) is 0 Å². The van der Waals surface area contributed by atoms with Crippen LogP contribution in [0.4, 0.5) is 13.2 Å². The van der Waals surface area contributed by atoms with Gasteiger partial charge in [-0.15, -0.1) is 0 Å². The number of hydrogen-bond donors (Lipinski definition) is 1. The predicted molar refractivity (Wildman–Crippen MR) is 68.4 cm³/mol. The van der Waals surface area contributed by atoms with Crippen LogP contribution in [0.25, 0.3) is 0 Å². The molecule has 0 atom stereocenters. The Hall–Kier alpha value is -0.450. The van der Waals surface area contributed by atoms with E-state index in [1.807, 2.05) is 0 Å². The van der Waals surface area contributed by atoms with Crippen LogP contribution < -0.4 is 0 Å². The molecule has 1 N–H and O–H groups in total. The largest absolute Gasteiger partial charge is 0.391 e. The molecule has 2 rings (SSSR count). The molecule has 1 saturated carbocycles. The Bertz CT molecular complexity index is 465. The highest BCUT2D eigenvalue weighted by atomic mass is 35.5. The fourth-order valence-corrected chi connectivity index (χ4v) is 3.03. The normalized spacial score (nSPS) is 28.4. The lowest BCUT2D eigenvalue weighted by molar-refractivity contribution is -0.193. The average Bonchev–Trinajstić information content (AvgIpc) is 2.32.